The van der Waals surface area contributed by atoms with E-state index >= 15 is 0 Å². The number of amides is 1. The molecule has 124 valence electrons. The van der Waals surface area contributed by atoms with Crippen LogP contribution in [0, 0.1) is 19.8 Å². The van der Waals surface area contributed by atoms with Crippen molar-refractivity contribution in [1.82, 2.24) is 24.9 Å². The Morgan fingerprint density at radius 3 is 2.87 bits per heavy atom. The molecule has 0 radical (unpaired) electrons. The first-order valence-corrected chi connectivity index (χ1v) is 9.21. The van der Waals surface area contributed by atoms with Crippen LogP contribution in [0.4, 0.5) is 0 Å². The summed E-state index contributed by atoms with van der Waals surface area (Å²) in [6.45, 7) is 4.72. The van der Waals surface area contributed by atoms with Gasteiger partial charge in [0.25, 0.3) is 5.78 Å². The molecule has 1 saturated carbocycles. The van der Waals surface area contributed by atoms with Gasteiger partial charge in [0.2, 0.25) is 11.1 Å². The Labute approximate surface area is 140 Å². The number of thioether (sulfide) groups is 1. The molecule has 0 atom stereocenters. The topological polar surface area (TPSA) is 72.2 Å². The molecule has 0 spiro atoms. The third-order valence-corrected chi connectivity index (χ3v) is 5.08. The Morgan fingerprint density at radius 1 is 1.30 bits per heavy atom. The van der Waals surface area contributed by atoms with Gasteiger partial charge in [0, 0.05) is 17.9 Å². The monoisotopic (exact) mass is 333 g/mol. The Balaban J connectivity index is 1.51. The third kappa shape index (κ3) is 4.22. The fraction of sp³-hybridized carbons (Fsp3) is 0.625. The predicted octanol–water partition coefficient (Wildman–Crippen LogP) is 2.53. The van der Waals surface area contributed by atoms with Crippen LogP contribution in [0.15, 0.2) is 11.2 Å². The zero-order valence-corrected chi connectivity index (χ0v) is 14.5. The molecule has 3 rings (SSSR count). The lowest BCUT2D eigenvalue weighted by Gasteiger charge is -2.21. The van der Waals surface area contributed by atoms with Gasteiger partial charge in [-0.3, -0.25) is 4.79 Å². The number of nitrogens with zero attached hydrogens (tertiary/aromatic N) is 4. The standard InChI is InChI=1S/C16H23N5OS/c1-11-8-12(2)21-15(18-11)19-16(20-21)23-10-14(22)17-9-13-6-4-3-5-7-13/h8,13H,3-7,9-10H2,1-2H3,(H,17,22). The Bertz CT molecular complexity index is 693. The van der Waals surface area contributed by atoms with Crippen molar-refractivity contribution >= 4 is 23.4 Å². The van der Waals surface area contributed by atoms with Crippen LogP contribution in [0.5, 0.6) is 0 Å². The molecule has 1 aliphatic carbocycles. The second-order valence-electron chi connectivity index (χ2n) is 6.24. The first kappa shape index (κ1) is 16.2. The molecular formula is C16H23N5OS. The molecule has 0 bridgehead atoms. The van der Waals surface area contributed by atoms with E-state index in [1.807, 2.05) is 19.9 Å². The molecule has 7 heteroatoms. The van der Waals surface area contributed by atoms with Crippen molar-refractivity contribution in [2.75, 3.05) is 12.3 Å². The van der Waals surface area contributed by atoms with Crippen LogP contribution in [0.25, 0.3) is 5.78 Å². The normalized spacial score (nSPS) is 15.9. The highest BCUT2D eigenvalue weighted by Crippen LogP contribution is 2.22. The van der Waals surface area contributed by atoms with Crippen LogP contribution in [-0.4, -0.2) is 37.8 Å². The Hall–Kier alpha value is -1.63. The molecule has 0 aliphatic heterocycles. The molecule has 1 fully saturated rings. The lowest BCUT2D eigenvalue weighted by molar-refractivity contribution is -0.118. The van der Waals surface area contributed by atoms with E-state index in [0.717, 1.165) is 17.9 Å². The summed E-state index contributed by atoms with van der Waals surface area (Å²) in [4.78, 5) is 20.7. The lowest BCUT2D eigenvalue weighted by Crippen LogP contribution is -2.31. The van der Waals surface area contributed by atoms with Gasteiger partial charge < -0.3 is 5.32 Å². The minimum atomic E-state index is 0.0558. The largest absolute Gasteiger partial charge is 0.355 e. The van der Waals surface area contributed by atoms with Gasteiger partial charge in [-0.25, -0.2) is 9.50 Å². The van der Waals surface area contributed by atoms with Crippen molar-refractivity contribution in [3.05, 3.63) is 17.5 Å². The molecule has 0 unspecified atom stereocenters. The van der Waals surface area contributed by atoms with Crippen LogP contribution >= 0.6 is 11.8 Å². The first-order valence-electron chi connectivity index (χ1n) is 8.22. The van der Waals surface area contributed by atoms with E-state index in [1.165, 1.54) is 43.9 Å². The van der Waals surface area contributed by atoms with Crippen LogP contribution in [0.2, 0.25) is 0 Å². The number of hydrogen-bond acceptors (Lipinski definition) is 5. The van der Waals surface area contributed by atoms with Crippen molar-refractivity contribution in [2.45, 2.75) is 51.1 Å². The van der Waals surface area contributed by atoms with Gasteiger partial charge in [-0.2, -0.15) is 4.98 Å². The van der Waals surface area contributed by atoms with Crippen molar-refractivity contribution in [1.29, 1.82) is 0 Å². The molecule has 2 heterocycles. The van der Waals surface area contributed by atoms with Crippen LogP contribution in [-0.2, 0) is 4.79 Å². The van der Waals surface area contributed by atoms with Gasteiger partial charge in [0.1, 0.15) is 0 Å². The minimum absolute atomic E-state index is 0.0558. The summed E-state index contributed by atoms with van der Waals surface area (Å²) in [5.41, 5.74) is 1.91. The van der Waals surface area contributed by atoms with Gasteiger partial charge in [0.05, 0.1) is 5.75 Å². The number of aryl methyl sites for hydroxylation is 2. The second kappa shape index (κ2) is 7.29. The maximum atomic E-state index is 12.0. The number of rotatable bonds is 5. The minimum Gasteiger partial charge on any atom is -0.355 e. The smallest absolute Gasteiger partial charge is 0.253 e. The summed E-state index contributed by atoms with van der Waals surface area (Å²) in [6.07, 6.45) is 6.42. The van der Waals surface area contributed by atoms with Gasteiger partial charge >= 0.3 is 0 Å². The fourth-order valence-corrected chi connectivity index (χ4v) is 3.69. The van der Waals surface area contributed by atoms with E-state index in [2.05, 4.69) is 20.4 Å². The average Bonchev–Trinajstić information content (AvgIpc) is 2.95. The zero-order valence-electron chi connectivity index (χ0n) is 13.7. The molecule has 2 aromatic rings. The summed E-state index contributed by atoms with van der Waals surface area (Å²) in [5, 5.41) is 8.04. The molecule has 6 nitrogen and oxygen atoms in total. The number of carbonyl (C=O) groups excluding carboxylic acids is 1. The number of nitrogens with one attached hydrogen (secondary N) is 1. The first-order chi connectivity index (χ1) is 11.1. The van der Waals surface area contributed by atoms with Gasteiger partial charge in [-0.1, -0.05) is 31.0 Å². The highest BCUT2D eigenvalue weighted by atomic mass is 32.2. The molecule has 0 aromatic carbocycles. The predicted molar refractivity (Wildman–Crippen MR) is 90.6 cm³/mol. The van der Waals surface area contributed by atoms with Crippen LogP contribution in [0.1, 0.15) is 43.5 Å². The number of fused-ring (bicyclic) bond motifs is 1. The van der Waals surface area contributed by atoms with Crippen molar-refractivity contribution in [3.8, 4) is 0 Å². The molecule has 1 aliphatic rings. The number of aromatic nitrogens is 4. The van der Waals surface area contributed by atoms with Crippen molar-refractivity contribution < 1.29 is 4.79 Å². The second-order valence-corrected chi connectivity index (χ2v) is 7.18. The molecule has 1 N–H and O–H groups in total. The Kier molecular flexibility index (Phi) is 5.15. The van der Waals surface area contributed by atoms with Crippen LogP contribution in [0.3, 0.4) is 0 Å². The molecule has 0 saturated heterocycles. The van der Waals surface area contributed by atoms with Crippen molar-refractivity contribution in [3.63, 3.8) is 0 Å². The van der Waals surface area contributed by atoms with E-state index in [1.54, 1.807) is 4.52 Å². The molecule has 23 heavy (non-hydrogen) atoms. The highest BCUT2D eigenvalue weighted by Gasteiger charge is 2.15. The number of hydrogen-bond donors (Lipinski definition) is 1. The molecule has 2 aromatic heterocycles. The fourth-order valence-electron chi connectivity index (χ4n) is 3.04. The maximum Gasteiger partial charge on any atom is 0.253 e. The maximum absolute atomic E-state index is 12.0. The summed E-state index contributed by atoms with van der Waals surface area (Å²) in [6, 6.07) is 1.97. The van der Waals surface area contributed by atoms with Crippen LogP contribution < -0.4 is 5.32 Å². The van der Waals surface area contributed by atoms with Crippen molar-refractivity contribution in [2.24, 2.45) is 5.92 Å². The van der Waals surface area contributed by atoms with E-state index in [9.17, 15) is 4.79 Å². The summed E-state index contributed by atoms with van der Waals surface area (Å²) < 4.78 is 1.72. The number of carbonyl (C=O) groups is 1. The zero-order chi connectivity index (χ0) is 16.2. The Morgan fingerprint density at radius 2 is 2.09 bits per heavy atom. The van der Waals surface area contributed by atoms with E-state index < -0.39 is 0 Å². The van der Waals surface area contributed by atoms with Gasteiger partial charge in [-0.05, 0) is 38.7 Å². The SMILES string of the molecule is Cc1cc(C)n2nc(SCC(=O)NCC3CCCCC3)nc2n1. The lowest BCUT2D eigenvalue weighted by atomic mass is 9.89. The van der Waals surface area contributed by atoms with E-state index in [4.69, 9.17) is 0 Å². The van der Waals surface area contributed by atoms with Gasteiger partial charge in [0.15, 0.2) is 0 Å². The molecule has 1 amide bonds. The quantitative estimate of drug-likeness (QED) is 0.851. The summed E-state index contributed by atoms with van der Waals surface area (Å²) in [5.74, 6) is 1.65. The summed E-state index contributed by atoms with van der Waals surface area (Å²) in [7, 11) is 0. The van der Waals surface area contributed by atoms with E-state index in [0.29, 0.717) is 22.6 Å². The third-order valence-electron chi connectivity index (χ3n) is 4.24. The molecular weight excluding hydrogens is 310 g/mol. The highest BCUT2D eigenvalue weighted by molar-refractivity contribution is 7.99. The average molecular weight is 333 g/mol. The summed E-state index contributed by atoms with van der Waals surface area (Å²) >= 11 is 1.36. The van der Waals surface area contributed by atoms with E-state index in [-0.39, 0.29) is 5.91 Å². The van der Waals surface area contributed by atoms with Gasteiger partial charge in [-0.15, -0.1) is 5.10 Å².